The number of aliphatic hydroxyl groups is 1. The van der Waals surface area contributed by atoms with Gasteiger partial charge in [-0.25, -0.2) is 0 Å². The topological polar surface area (TPSA) is 72.8 Å². The van der Waals surface area contributed by atoms with Crippen molar-refractivity contribution in [2.75, 3.05) is 13.2 Å². The molecule has 0 bridgehead atoms. The molecule has 0 saturated carbocycles. The van der Waals surface area contributed by atoms with E-state index in [4.69, 9.17) is 14.6 Å². The minimum absolute atomic E-state index is 0.0685. The second-order valence-corrected chi connectivity index (χ2v) is 4.89. The summed E-state index contributed by atoms with van der Waals surface area (Å²) in [6, 6.07) is 0. The van der Waals surface area contributed by atoms with Crippen LogP contribution in [-0.4, -0.2) is 36.4 Å². The molecular weight excluding hydrogens is 260 g/mol. The maximum atomic E-state index is 11.5. The van der Waals surface area contributed by atoms with Crippen LogP contribution in [0.25, 0.3) is 0 Å². The summed E-state index contributed by atoms with van der Waals surface area (Å²) in [6.07, 6.45) is 5.59. The van der Waals surface area contributed by atoms with Gasteiger partial charge < -0.3 is 14.6 Å². The minimum atomic E-state index is -0.751. The molecule has 0 rings (SSSR count). The fraction of sp³-hybridized carbons (Fsp3) is 0.867. The summed E-state index contributed by atoms with van der Waals surface area (Å²) in [5, 5.41) is 9.11. The standard InChI is InChI=1S/C15H28O5/c1-3-5-7-9-14(17)19-12-13(11-16)20-15(18)10-8-6-4-2/h13,16H,3-12H2,1-2H3. The molecule has 118 valence electrons. The Balaban J connectivity index is 3.79. The highest BCUT2D eigenvalue weighted by Crippen LogP contribution is 2.05. The Bertz CT molecular complexity index is 265. The number of hydrogen-bond donors (Lipinski definition) is 1. The van der Waals surface area contributed by atoms with E-state index in [0.29, 0.717) is 12.8 Å². The highest BCUT2D eigenvalue weighted by atomic mass is 16.6. The van der Waals surface area contributed by atoms with Crippen molar-refractivity contribution in [3.8, 4) is 0 Å². The number of esters is 2. The van der Waals surface area contributed by atoms with Crippen molar-refractivity contribution in [3.05, 3.63) is 0 Å². The highest BCUT2D eigenvalue weighted by Gasteiger charge is 2.15. The number of carbonyl (C=O) groups excluding carboxylic acids is 2. The van der Waals surface area contributed by atoms with E-state index in [1.807, 2.05) is 0 Å². The van der Waals surface area contributed by atoms with Gasteiger partial charge in [-0.2, -0.15) is 0 Å². The van der Waals surface area contributed by atoms with E-state index in [2.05, 4.69) is 13.8 Å². The van der Waals surface area contributed by atoms with Gasteiger partial charge in [-0.05, 0) is 12.8 Å². The smallest absolute Gasteiger partial charge is 0.306 e. The SMILES string of the molecule is CCCCCC(=O)OCC(CO)OC(=O)CCCCC. The van der Waals surface area contributed by atoms with Crippen LogP contribution < -0.4 is 0 Å². The number of hydrogen-bond acceptors (Lipinski definition) is 5. The van der Waals surface area contributed by atoms with E-state index in [9.17, 15) is 9.59 Å². The van der Waals surface area contributed by atoms with Crippen molar-refractivity contribution in [3.63, 3.8) is 0 Å². The molecule has 20 heavy (non-hydrogen) atoms. The van der Waals surface area contributed by atoms with Crippen molar-refractivity contribution in [2.45, 2.75) is 71.3 Å². The summed E-state index contributed by atoms with van der Waals surface area (Å²) >= 11 is 0. The molecule has 0 radical (unpaired) electrons. The Morgan fingerprint density at radius 2 is 1.50 bits per heavy atom. The zero-order valence-corrected chi connectivity index (χ0v) is 12.7. The van der Waals surface area contributed by atoms with E-state index in [0.717, 1.165) is 38.5 Å². The Morgan fingerprint density at radius 3 is 2.00 bits per heavy atom. The molecule has 0 aliphatic carbocycles. The second kappa shape index (κ2) is 12.9. The number of carbonyl (C=O) groups is 2. The molecule has 1 atom stereocenters. The van der Waals surface area contributed by atoms with Crippen molar-refractivity contribution >= 4 is 11.9 Å². The average Bonchev–Trinajstić information content (AvgIpc) is 2.44. The molecule has 0 aliphatic rings. The Morgan fingerprint density at radius 1 is 0.950 bits per heavy atom. The lowest BCUT2D eigenvalue weighted by atomic mass is 10.2. The molecule has 5 heteroatoms. The van der Waals surface area contributed by atoms with Crippen LogP contribution in [-0.2, 0) is 19.1 Å². The Kier molecular flexibility index (Phi) is 12.2. The summed E-state index contributed by atoms with van der Waals surface area (Å²) in [5.74, 6) is -0.654. The number of aliphatic hydroxyl groups excluding tert-OH is 1. The van der Waals surface area contributed by atoms with Crippen LogP contribution in [0.15, 0.2) is 0 Å². The van der Waals surface area contributed by atoms with E-state index in [-0.39, 0.29) is 25.2 Å². The first-order valence-corrected chi connectivity index (χ1v) is 7.59. The van der Waals surface area contributed by atoms with Crippen LogP contribution in [0, 0.1) is 0 Å². The van der Waals surface area contributed by atoms with Gasteiger partial charge >= 0.3 is 11.9 Å². The molecule has 0 spiro atoms. The lowest BCUT2D eigenvalue weighted by molar-refractivity contribution is -0.161. The van der Waals surface area contributed by atoms with Crippen molar-refractivity contribution in [1.82, 2.24) is 0 Å². The third-order valence-electron chi connectivity index (χ3n) is 2.90. The molecule has 0 saturated heterocycles. The first kappa shape index (κ1) is 18.9. The second-order valence-electron chi connectivity index (χ2n) is 4.89. The van der Waals surface area contributed by atoms with Gasteiger partial charge in [0.1, 0.15) is 6.61 Å². The normalized spacial score (nSPS) is 11.9. The summed E-state index contributed by atoms with van der Waals surface area (Å²) in [6.45, 7) is 3.72. The quantitative estimate of drug-likeness (QED) is 0.441. The van der Waals surface area contributed by atoms with Gasteiger partial charge in [0.15, 0.2) is 6.10 Å². The van der Waals surface area contributed by atoms with Crippen LogP contribution in [0.4, 0.5) is 0 Å². The first-order valence-electron chi connectivity index (χ1n) is 7.59. The van der Waals surface area contributed by atoms with Crippen LogP contribution >= 0.6 is 0 Å². The summed E-state index contributed by atoms with van der Waals surface area (Å²) < 4.78 is 10.0. The molecule has 1 N–H and O–H groups in total. The van der Waals surface area contributed by atoms with Crippen LogP contribution in [0.5, 0.6) is 0 Å². The van der Waals surface area contributed by atoms with Crippen molar-refractivity contribution < 1.29 is 24.2 Å². The van der Waals surface area contributed by atoms with Crippen LogP contribution in [0.2, 0.25) is 0 Å². The van der Waals surface area contributed by atoms with E-state index < -0.39 is 6.10 Å². The third-order valence-corrected chi connectivity index (χ3v) is 2.90. The molecular formula is C15H28O5. The van der Waals surface area contributed by atoms with E-state index >= 15 is 0 Å². The number of unbranched alkanes of at least 4 members (excludes halogenated alkanes) is 4. The summed E-state index contributed by atoms with van der Waals surface area (Å²) in [5.41, 5.74) is 0. The van der Waals surface area contributed by atoms with Gasteiger partial charge in [0.2, 0.25) is 0 Å². The van der Waals surface area contributed by atoms with Gasteiger partial charge in [0, 0.05) is 12.8 Å². The lowest BCUT2D eigenvalue weighted by Gasteiger charge is -2.15. The number of ether oxygens (including phenoxy) is 2. The molecule has 0 aliphatic heterocycles. The molecule has 0 fully saturated rings. The van der Waals surface area contributed by atoms with Crippen molar-refractivity contribution in [1.29, 1.82) is 0 Å². The predicted octanol–water partition coefficient (Wildman–Crippen LogP) is 2.59. The molecule has 5 nitrogen and oxygen atoms in total. The molecule has 0 aromatic rings. The van der Waals surface area contributed by atoms with E-state index in [1.54, 1.807) is 0 Å². The Labute approximate surface area is 121 Å². The summed E-state index contributed by atoms with van der Waals surface area (Å²) in [4.78, 5) is 22.9. The maximum Gasteiger partial charge on any atom is 0.306 e. The zero-order valence-electron chi connectivity index (χ0n) is 12.7. The third kappa shape index (κ3) is 10.8. The van der Waals surface area contributed by atoms with E-state index in [1.165, 1.54) is 0 Å². The van der Waals surface area contributed by atoms with Gasteiger partial charge in [-0.1, -0.05) is 39.5 Å². The fourth-order valence-electron chi connectivity index (χ4n) is 1.67. The monoisotopic (exact) mass is 288 g/mol. The molecule has 0 amide bonds. The molecule has 0 aromatic carbocycles. The number of rotatable bonds is 12. The highest BCUT2D eigenvalue weighted by molar-refractivity contribution is 5.70. The van der Waals surface area contributed by atoms with Gasteiger partial charge in [-0.3, -0.25) is 9.59 Å². The first-order chi connectivity index (χ1) is 9.63. The van der Waals surface area contributed by atoms with Crippen LogP contribution in [0.3, 0.4) is 0 Å². The van der Waals surface area contributed by atoms with Gasteiger partial charge in [0.25, 0.3) is 0 Å². The Hall–Kier alpha value is -1.10. The van der Waals surface area contributed by atoms with Crippen LogP contribution in [0.1, 0.15) is 65.2 Å². The fourth-order valence-corrected chi connectivity index (χ4v) is 1.67. The minimum Gasteiger partial charge on any atom is -0.462 e. The molecule has 0 aromatic heterocycles. The van der Waals surface area contributed by atoms with Gasteiger partial charge in [0.05, 0.1) is 6.61 Å². The van der Waals surface area contributed by atoms with Crippen molar-refractivity contribution in [2.24, 2.45) is 0 Å². The predicted molar refractivity (Wildman–Crippen MR) is 76.2 cm³/mol. The zero-order chi connectivity index (χ0) is 15.2. The molecule has 1 unspecified atom stereocenters. The maximum absolute atomic E-state index is 11.5. The molecule has 0 heterocycles. The summed E-state index contributed by atoms with van der Waals surface area (Å²) in [7, 11) is 0. The average molecular weight is 288 g/mol. The lowest BCUT2D eigenvalue weighted by Crippen LogP contribution is -2.28. The largest absolute Gasteiger partial charge is 0.462 e. The van der Waals surface area contributed by atoms with Gasteiger partial charge in [-0.15, -0.1) is 0 Å².